The highest BCUT2D eigenvalue weighted by Crippen LogP contribution is 2.24. The van der Waals surface area contributed by atoms with Crippen LogP contribution in [0.1, 0.15) is 18.9 Å². The number of hydrogen-bond acceptors (Lipinski definition) is 4. The van der Waals surface area contributed by atoms with Crippen LogP contribution < -0.4 is 11.1 Å². The minimum atomic E-state index is -0.688. The second kappa shape index (κ2) is 4.48. The van der Waals surface area contributed by atoms with Gasteiger partial charge in [0.1, 0.15) is 6.04 Å². The molecule has 2 heterocycles. The molecule has 1 aromatic heterocycles. The summed E-state index contributed by atoms with van der Waals surface area (Å²) in [5.41, 5.74) is 1.02. The Kier molecular flexibility index (Phi) is 2.92. The highest BCUT2D eigenvalue weighted by molar-refractivity contribution is 14.1. The van der Waals surface area contributed by atoms with Crippen LogP contribution >= 0.6 is 22.6 Å². The number of oxazole rings is 1. The molecule has 1 atom stereocenters. The third kappa shape index (κ3) is 2.07. The Morgan fingerprint density at radius 2 is 2.11 bits per heavy atom. The summed E-state index contributed by atoms with van der Waals surface area (Å²) < 4.78 is 7.40. The molecule has 7 heteroatoms. The topological polar surface area (TPSA) is 81.3 Å². The number of imide groups is 1. The molecule has 0 spiro atoms. The van der Waals surface area contributed by atoms with E-state index in [1.807, 2.05) is 6.07 Å². The molecule has 2 aromatic rings. The van der Waals surface area contributed by atoms with Gasteiger partial charge in [-0.05, 0) is 47.2 Å². The number of halogens is 1. The van der Waals surface area contributed by atoms with Gasteiger partial charge in [-0.3, -0.25) is 19.5 Å². The lowest BCUT2D eigenvalue weighted by atomic mass is 10.1. The van der Waals surface area contributed by atoms with Crippen molar-refractivity contribution < 1.29 is 14.0 Å². The maximum absolute atomic E-state index is 11.9. The SMILES string of the molecule is O=C1CCC(n2c(=O)oc3cc(I)ccc32)C(=O)N1. The van der Waals surface area contributed by atoms with E-state index >= 15 is 0 Å². The fourth-order valence-corrected chi connectivity index (χ4v) is 2.70. The molecule has 1 fully saturated rings. The first kappa shape index (κ1) is 12.4. The third-order valence-electron chi connectivity index (χ3n) is 3.10. The monoisotopic (exact) mass is 372 g/mol. The molecule has 98 valence electrons. The van der Waals surface area contributed by atoms with Crippen LogP contribution in [0.3, 0.4) is 0 Å². The molecule has 19 heavy (non-hydrogen) atoms. The van der Waals surface area contributed by atoms with Gasteiger partial charge in [0.15, 0.2) is 5.58 Å². The van der Waals surface area contributed by atoms with E-state index in [1.165, 1.54) is 4.57 Å². The number of nitrogens with one attached hydrogen (secondary N) is 1. The zero-order valence-corrected chi connectivity index (χ0v) is 11.8. The van der Waals surface area contributed by atoms with E-state index < -0.39 is 17.7 Å². The van der Waals surface area contributed by atoms with Gasteiger partial charge in [0.2, 0.25) is 11.8 Å². The van der Waals surface area contributed by atoms with Crippen LogP contribution in [0.15, 0.2) is 27.4 Å². The van der Waals surface area contributed by atoms with Crippen molar-refractivity contribution in [3.63, 3.8) is 0 Å². The van der Waals surface area contributed by atoms with Crippen molar-refractivity contribution in [1.29, 1.82) is 0 Å². The van der Waals surface area contributed by atoms with Crippen LogP contribution in [0, 0.1) is 3.57 Å². The van der Waals surface area contributed by atoms with Crippen molar-refractivity contribution >= 4 is 45.5 Å². The fraction of sp³-hybridized carbons (Fsp3) is 0.250. The van der Waals surface area contributed by atoms with Gasteiger partial charge in [0, 0.05) is 9.99 Å². The van der Waals surface area contributed by atoms with Crippen LogP contribution in [-0.2, 0) is 9.59 Å². The van der Waals surface area contributed by atoms with Gasteiger partial charge < -0.3 is 4.42 Å². The fourth-order valence-electron chi connectivity index (χ4n) is 2.23. The number of carbonyl (C=O) groups excluding carboxylic acids is 2. The molecule has 1 aliphatic rings. The highest BCUT2D eigenvalue weighted by atomic mass is 127. The largest absolute Gasteiger partial charge is 0.420 e. The Hall–Kier alpha value is -1.64. The number of hydrogen-bond donors (Lipinski definition) is 1. The van der Waals surface area contributed by atoms with Gasteiger partial charge in [-0.15, -0.1) is 0 Å². The Bertz CT molecular complexity index is 746. The van der Waals surface area contributed by atoms with Gasteiger partial charge in [0.25, 0.3) is 0 Å². The number of amides is 2. The number of benzene rings is 1. The maximum Gasteiger partial charge on any atom is 0.420 e. The Morgan fingerprint density at radius 1 is 1.32 bits per heavy atom. The van der Waals surface area contributed by atoms with Gasteiger partial charge >= 0.3 is 5.76 Å². The highest BCUT2D eigenvalue weighted by Gasteiger charge is 2.31. The molecule has 0 bridgehead atoms. The summed E-state index contributed by atoms with van der Waals surface area (Å²) >= 11 is 2.11. The Balaban J connectivity index is 2.15. The van der Waals surface area contributed by atoms with Gasteiger partial charge in [0.05, 0.1) is 5.52 Å². The van der Waals surface area contributed by atoms with Crippen molar-refractivity contribution in [2.75, 3.05) is 0 Å². The molecule has 0 radical (unpaired) electrons. The zero-order chi connectivity index (χ0) is 13.6. The number of nitrogens with zero attached hydrogens (tertiary/aromatic N) is 1. The first-order chi connectivity index (χ1) is 9.06. The predicted octanol–water partition coefficient (Wildman–Crippen LogP) is 1.18. The summed E-state index contributed by atoms with van der Waals surface area (Å²) in [6.45, 7) is 0. The smallest absolute Gasteiger partial charge is 0.408 e. The van der Waals surface area contributed by atoms with Crippen LogP contribution in [0.4, 0.5) is 0 Å². The molecular weight excluding hydrogens is 363 g/mol. The standard InChI is InChI=1S/C12H9IN2O4/c13-6-1-2-7-9(5-6)19-12(18)15(7)8-3-4-10(16)14-11(8)17/h1-2,5,8H,3-4H2,(H,14,16,17). The summed E-state index contributed by atoms with van der Waals surface area (Å²) in [7, 11) is 0. The quantitative estimate of drug-likeness (QED) is 0.602. The summed E-state index contributed by atoms with van der Waals surface area (Å²) in [6, 6.07) is 4.62. The van der Waals surface area contributed by atoms with E-state index in [0.29, 0.717) is 17.5 Å². The molecule has 1 N–H and O–H groups in total. The molecule has 3 rings (SSSR count). The number of fused-ring (bicyclic) bond motifs is 1. The minimum absolute atomic E-state index is 0.222. The Labute approximate surface area is 120 Å². The molecular formula is C12H9IN2O4. The first-order valence-electron chi connectivity index (χ1n) is 5.70. The molecule has 0 aliphatic carbocycles. The van der Waals surface area contributed by atoms with Gasteiger partial charge in [-0.25, -0.2) is 4.79 Å². The molecule has 2 amide bonds. The second-order valence-corrected chi connectivity index (χ2v) is 5.56. The van der Waals surface area contributed by atoms with Gasteiger partial charge in [-0.2, -0.15) is 0 Å². The molecule has 1 aliphatic heterocycles. The average Bonchev–Trinajstić information content (AvgIpc) is 2.65. The van der Waals surface area contributed by atoms with Crippen molar-refractivity contribution in [3.05, 3.63) is 32.3 Å². The summed E-state index contributed by atoms with van der Waals surface area (Å²) in [4.78, 5) is 34.9. The third-order valence-corrected chi connectivity index (χ3v) is 3.77. The van der Waals surface area contributed by atoms with E-state index in [0.717, 1.165) is 3.57 Å². The van der Waals surface area contributed by atoms with E-state index in [9.17, 15) is 14.4 Å². The van der Waals surface area contributed by atoms with Gasteiger partial charge in [-0.1, -0.05) is 0 Å². The van der Waals surface area contributed by atoms with Crippen LogP contribution in [-0.4, -0.2) is 16.4 Å². The Morgan fingerprint density at radius 3 is 2.84 bits per heavy atom. The predicted molar refractivity (Wildman–Crippen MR) is 74.6 cm³/mol. The van der Waals surface area contributed by atoms with Crippen LogP contribution in [0.5, 0.6) is 0 Å². The van der Waals surface area contributed by atoms with E-state index in [1.54, 1.807) is 12.1 Å². The molecule has 1 aromatic carbocycles. The molecule has 6 nitrogen and oxygen atoms in total. The first-order valence-corrected chi connectivity index (χ1v) is 6.78. The van der Waals surface area contributed by atoms with E-state index in [-0.39, 0.29) is 12.3 Å². The van der Waals surface area contributed by atoms with Crippen molar-refractivity contribution in [3.8, 4) is 0 Å². The maximum atomic E-state index is 11.9. The summed E-state index contributed by atoms with van der Waals surface area (Å²) in [5, 5.41) is 2.24. The summed E-state index contributed by atoms with van der Waals surface area (Å²) in [6.07, 6.45) is 0.533. The zero-order valence-electron chi connectivity index (χ0n) is 9.68. The number of rotatable bonds is 1. The van der Waals surface area contributed by atoms with Crippen molar-refractivity contribution in [1.82, 2.24) is 9.88 Å². The number of piperidine rings is 1. The second-order valence-electron chi connectivity index (χ2n) is 4.32. The van der Waals surface area contributed by atoms with E-state index in [2.05, 4.69) is 27.9 Å². The average molecular weight is 372 g/mol. The minimum Gasteiger partial charge on any atom is -0.408 e. The normalized spacial score (nSPS) is 19.7. The van der Waals surface area contributed by atoms with Crippen LogP contribution in [0.25, 0.3) is 11.1 Å². The van der Waals surface area contributed by atoms with Crippen LogP contribution in [0.2, 0.25) is 0 Å². The lowest BCUT2D eigenvalue weighted by molar-refractivity contribution is -0.135. The van der Waals surface area contributed by atoms with E-state index in [4.69, 9.17) is 4.42 Å². The molecule has 1 unspecified atom stereocenters. The lowest BCUT2D eigenvalue weighted by Gasteiger charge is -2.21. The molecule has 1 saturated heterocycles. The number of aromatic nitrogens is 1. The molecule has 0 saturated carbocycles. The van der Waals surface area contributed by atoms with Crippen molar-refractivity contribution in [2.45, 2.75) is 18.9 Å². The number of carbonyl (C=O) groups is 2. The summed E-state index contributed by atoms with van der Waals surface area (Å²) in [5.74, 6) is -1.34. The lowest BCUT2D eigenvalue weighted by Crippen LogP contribution is -2.43. The van der Waals surface area contributed by atoms with Crippen molar-refractivity contribution in [2.24, 2.45) is 0 Å².